The molecule has 2 aromatic rings. The van der Waals surface area contributed by atoms with Crippen molar-refractivity contribution in [1.82, 2.24) is 0 Å². The molecule has 1 unspecified atom stereocenters. The molecular weight excluding hydrogens is 258 g/mol. The van der Waals surface area contributed by atoms with Gasteiger partial charge in [-0.15, -0.1) is 11.3 Å². The molecule has 0 amide bonds. The molecule has 1 aromatic heterocycles. The molecule has 0 bridgehead atoms. The normalized spacial score (nSPS) is 12.0. The number of nitrogens with one attached hydrogen (secondary N) is 1. The van der Waals surface area contributed by atoms with E-state index in [1.807, 2.05) is 18.2 Å². The standard InChI is InChI=1S/C15H19NO2S/c1-10-7-8-19-15(10)11(2)16-12-5-6-13(17-3)14(9-12)18-4/h5-9,11,16H,1-4H3. The van der Waals surface area contributed by atoms with Crippen LogP contribution in [0.25, 0.3) is 0 Å². The number of hydrogen-bond donors (Lipinski definition) is 1. The van der Waals surface area contributed by atoms with Crippen LogP contribution in [0.5, 0.6) is 11.5 Å². The Bertz CT molecular complexity index is 551. The molecule has 4 heteroatoms. The first kappa shape index (κ1) is 13.7. The van der Waals surface area contributed by atoms with Crippen LogP contribution in [-0.4, -0.2) is 14.2 Å². The van der Waals surface area contributed by atoms with Gasteiger partial charge in [0.05, 0.1) is 20.3 Å². The third kappa shape index (κ3) is 3.01. The summed E-state index contributed by atoms with van der Waals surface area (Å²) in [4.78, 5) is 1.36. The minimum Gasteiger partial charge on any atom is -0.493 e. The molecule has 0 radical (unpaired) electrons. The molecule has 19 heavy (non-hydrogen) atoms. The first-order valence-electron chi connectivity index (χ1n) is 6.18. The second kappa shape index (κ2) is 5.97. The van der Waals surface area contributed by atoms with E-state index in [9.17, 15) is 0 Å². The summed E-state index contributed by atoms with van der Waals surface area (Å²) in [5.41, 5.74) is 2.35. The van der Waals surface area contributed by atoms with E-state index < -0.39 is 0 Å². The van der Waals surface area contributed by atoms with Crippen molar-refractivity contribution in [3.05, 3.63) is 40.1 Å². The van der Waals surface area contributed by atoms with Crippen molar-refractivity contribution >= 4 is 17.0 Å². The van der Waals surface area contributed by atoms with E-state index in [1.54, 1.807) is 25.6 Å². The molecule has 2 rings (SSSR count). The van der Waals surface area contributed by atoms with Crippen LogP contribution in [0.1, 0.15) is 23.4 Å². The number of rotatable bonds is 5. The van der Waals surface area contributed by atoms with Gasteiger partial charge in [0.25, 0.3) is 0 Å². The lowest BCUT2D eigenvalue weighted by molar-refractivity contribution is 0.355. The molecule has 0 spiro atoms. The predicted octanol–water partition coefficient (Wildman–Crippen LogP) is 4.25. The third-order valence-corrected chi connectivity index (χ3v) is 4.26. The second-order valence-corrected chi connectivity index (χ2v) is 5.35. The van der Waals surface area contributed by atoms with E-state index in [2.05, 4.69) is 30.6 Å². The van der Waals surface area contributed by atoms with Crippen molar-refractivity contribution in [2.24, 2.45) is 0 Å². The van der Waals surface area contributed by atoms with Crippen LogP contribution in [0, 0.1) is 6.92 Å². The zero-order chi connectivity index (χ0) is 13.8. The average Bonchev–Trinajstić information content (AvgIpc) is 2.85. The Kier molecular flexibility index (Phi) is 4.32. The lowest BCUT2D eigenvalue weighted by atomic mass is 10.2. The first-order chi connectivity index (χ1) is 9.15. The van der Waals surface area contributed by atoms with Crippen LogP contribution >= 0.6 is 11.3 Å². The van der Waals surface area contributed by atoms with Crippen molar-refractivity contribution in [1.29, 1.82) is 0 Å². The van der Waals surface area contributed by atoms with Crippen LogP contribution in [0.4, 0.5) is 5.69 Å². The van der Waals surface area contributed by atoms with E-state index in [-0.39, 0.29) is 6.04 Å². The van der Waals surface area contributed by atoms with Gasteiger partial charge in [-0.05, 0) is 43.0 Å². The maximum absolute atomic E-state index is 5.31. The molecule has 1 N–H and O–H groups in total. The molecule has 3 nitrogen and oxygen atoms in total. The number of anilines is 1. The number of methoxy groups -OCH3 is 2. The SMILES string of the molecule is COc1ccc(NC(C)c2sccc2C)cc1OC. The van der Waals surface area contributed by atoms with Gasteiger partial charge in [0.2, 0.25) is 0 Å². The lowest BCUT2D eigenvalue weighted by Crippen LogP contribution is -2.06. The summed E-state index contributed by atoms with van der Waals surface area (Å²) in [5.74, 6) is 1.48. The summed E-state index contributed by atoms with van der Waals surface area (Å²) < 4.78 is 10.5. The molecule has 102 valence electrons. The van der Waals surface area contributed by atoms with E-state index >= 15 is 0 Å². The van der Waals surface area contributed by atoms with Crippen molar-refractivity contribution < 1.29 is 9.47 Å². The molecule has 0 saturated heterocycles. The molecular formula is C15H19NO2S. The summed E-state index contributed by atoms with van der Waals surface area (Å²) in [7, 11) is 3.29. The average molecular weight is 277 g/mol. The van der Waals surface area contributed by atoms with E-state index in [0.717, 1.165) is 17.2 Å². The third-order valence-electron chi connectivity index (χ3n) is 3.06. The van der Waals surface area contributed by atoms with Crippen molar-refractivity contribution in [3.8, 4) is 11.5 Å². The van der Waals surface area contributed by atoms with Gasteiger partial charge >= 0.3 is 0 Å². The van der Waals surface area contributed by atoms with Gasteiger partial charge in [-0.25, -0.2) is 0 Å². The molecule has 0 aliphatic carbocycles. The van der Waals surface area contributed by atoms with Gasteiger partial charge in [0.15, 0.2) is 11.5 Å². The van der Waals surface area contributed by atoms with Crippen LogP contribution in [0.3, 0.4) is 0 Å². The Labute approximate surface area is 118 Å². The maximum Gasteiger partial charge on any atom is 0.162 e. The highest BCUT2D eigenvalue weighted by Gasteiger charge is 2.11. The van der Waals surface area contributed by atoms with Gasteiger partial charge in [0, 0.05) is 16.6 Å². The fraction of sp³-hybridized carbons (Fsp3) is 0.333. The largest absolute Gasteiger partial charge is 0.493 e. The van der Waals surface area contributed by atoms with E-state index in [1.165, 1.54) is 10.4 Å². The molecule has 1 aromatic carbocycles. The van der Waals surface area contributed by atoms with Gasteiger partial charge in [-0.1, -0.05) is 0 Å². The number of benzene rings is 1. The topological polar surface area (TPSA) is 30.5 Å². The molecule has 1 heterocycles. The summed E-state index contributed by atoms with van der Waals surface area (Å²) in [6.07, 6.45) is 0. The highest BCUT2D eigenvalue weighted by atomic mass is 32.1. The molecule has 1 atom stereocenters. The molecule has 0 aliphatic heterocycles. The Morgan fingerprint density at radius 2 is 1.84 bits per heavy atom. The minimum atomic E-state index is 0.276. The van der Waals surface area contributed by atoms with Crippen molar-refractivity contribution in [2.45, 2.75) is 19.9 Å². The molecule has 0 saturated carbocycles. The highest BCUT2D eigenvalue weighted by molar-refractivity contribution is 7.10. The summed E-state index contributed by atoms with van der Waals surface area (Å²) in [6, 6.07) is 8.29. The Hall–Kier alpha value is -1.68. The Morgan fingerprint density at radius 1 is 1.11 bits per heavy atom. The maximum atomic E-state index is 5.31. The fourth-order valence-corrected chi connectivity index (χ4v) is 3.01. The van der Waals surface area contributed by atoms with E-state index in [0.29, 0.717) is 0 Å². The number of hydrogen-bond acceptors (Lipinski definition) is 4. The number of aryl methyl sites for hydroxylation is 1. The lowest BCUT2D eigenvalue weighted by Gasteiger charge is -2.16. The van der Waals surface area contributed by atoms with E-state index in [4.69, 9.17) is 9.47 Å². The van der Waals surface area contributed by atoms with Gasteiger partial charge < -0.3 is 14.8 Å². The Balaban J connectivity index is 2.17. The quantitative estimate of drug-likeness (QED) is 0.886. The van der Waals surface area contributed by atoms with Crippen molar-refractivity contribution in [2.75, 3.05) is 19.5 Å². The summed E-state index contributed by atoms with van der Waals surface area (Å²) in [5, 5.41) is 5.61. The highest BCUT2D eigenvalue weighted by Crippen LogP contribution is 2.32. The summed E-state index contributed by atoms with van der Waals surface area (Å²) >= 11 is 1.78. The molecule has 0 fully saturated rings. The van der Waals surface area contributed by atoms with Crippen LogP contribution in [0.15, 0.2) is 29.6 Å². The number of thiophene rings is 1. The van der Waals surface area contributed by atoms with Crippen molar-refractivity contribution in [3.63, 3.8) is 0 Å². The van der Waals surface area contributed by atoms with Crippen LogP contribution in [-0.2, 0) is 0 Å². The first-order valence-corrected chi connectivity index (χ1v) is 7.06. The predicted molar refractivity (Wildman–Crippen MR) is 80.6 cm³/mol. The van der Waals surface area contributed by atoms with Gasteiger partial charge in [-0.2, -0.15) is 0 Å². The minimum absolute atomic E-state index is 0.276. The molecule has 0 aliphatic rings. The zero-order valence-corrected chi connectivity index (χ0v) is 12.5. The van der Waals surface area contributed by atoms with Crippen LogP contribution in [0.2, 0.25) is 0 Å². The van der Waals surface area contributed by atoms with Gasteiger partial charge in [0.1, 0.15) is 0 Å². The monoisotopic (exact) mass is 277 g/mol. The summed E-state index contributed by atoms with van der Waals surface area (Å²) in [6.45, 7) is 4.30. The number of ether oxygens (including phenoxy) is 2. The smallest absolute Gasteiger partial charge is 0.162 e. The second-order valence-electron chi connectivity index (χ2n) is 4.40. The zero-order valence-electron chi connectivity index (χ0n) is 11.7. The fourth-order valence-electron chi connectivity index (χ4n) is 2.07. The van der Waals surface area contributed by atoms with Crippen LogP contribution < -0.4 is 14.8 Å². The van der Waals surface area contributed by atoms with Gasteiger partial charge in [-0.3, -0.25) is 0 Å². The Morgan fingerprint density at radius 3 is 2.42 bits per heavy atom.